The van der Waals surface area contributed by atoms with Crippen molar-refractivity contribution in [3.05, 3.63) is 82.4 Å². The van der Waals surface area contributed by atoms with E-state index in [1.807, 2.05) is 55.7 Å². The second-order valence-corrected chi connectivity index (χ2v) is 11.2. The summed E-state index contributed by atoms with van der Waals surface area (Å²) >= 11 is 0. The molecular formula is C33H41N7O3. The van der Waals surface area contributed by atoms with E-state index in [1.54, 1.807) is 13.0 Å². The topological polar surface area (TPSA) is 137 Å². The molecule has 10 heteroatoms. The van der Waals surface area contributed by atoms with Gasteiger partial charge in [0.1, 0.15) is 17.5 Å². The second-order valence-electron chi connectivity index (χ2n) is 11.2. The molecule has 0 radical (unpaired) electrons. The minimum atomic E-state index is -0.505. The molecular weight excluding hydrogens is 542 g/mol. The maximum absolute atomic E-state index is 12.9. The number of likely N-dealkylation sites (tertiary alicyclic amines) is 1. The number of aromatic nitrogens is 2. The molecule has 1 aliphatic rings. The van der Waals surface area contributed by atoms with Gasteiger partial charge in [0.05, 0.1) is 11.3 Å². The number of benzene rings is 1. The number of piperidine rings is 1. The molecule has 0 spiro atoms. The molecule has 3 heterocycles. The van der Waals surface area contributed by atoms with E-state index in [9.17, 15) is 9.59 Å². The standard InChI is InChI=1S/C33H41N7O3/c1-22-9-13-36-19-26(22)20-40(28-5-7-30(8-6-28)43-21-31(35)41)29-11-15-39(16-12-29)24(3)10-14-37-33(42)32-23(2)17-27(18-34)38-25(32)4/h5-9,13,17,19,24,29H,10-12,14-16,20-21H2,1-4H3,(H2,35,41)(H,37,42). The van der Waals surface area contributed by atoms with Gasteiger partial charge in [0.15, 0.2) is 6.61 Å². The van der Waals surface area contributed by atoms with Gasteiger partial charge in [-0.3, -0.25) is 14.6 Å². The van der Waals surface area contributed by atoms with E-state index in [1.165, 1.54) is 11.1 Å². The monoisotopic (exact) mass is 583 g/mol. The molecule has 3 N–H and O–H groups in total. The molecule has 2 aromatic heterocycles. The first kappa shape index (κ1) is 31.4. The van der Waals surface area contributed by atoms with Crippen LogP contribution in [0.2, 0.25) is 0 Å². The average Bonchev–Trinajstić information content (AvgIpc) is 2.99. The molecule has 1 aromatic carbocycles. The molecule has 2 amide bonds. The van der Waals surface area contributed by atoms with Crippen molar-refractivity contribution in [1.29, 1.82) is 5.26 Å². The van der Waals surface area contributed by atoms with Crippen LogP contribution < -0.4 is 20.7 Å². The van der Waals surface area contributed by atoms with Crippen molar-refractivity contribution < 1.29 is 14.3 Å². The zero-order valence-electron chi connectivity index (χ0n) is 25.5. The lowest BCUT2D eigenvalue weighted by Gasteiger charge is -2.42. The van der Waals surface area contributed by atoms with Crippen LogP contribution in [0.5, 0.6) is 5.75 Å². The number of carbonyl (C=O) groups excluding carboxylic acids is 2. The van der Waals surface area contributed by atoms with Crippen molar-refractivity contribution in [2.45, 2.75) is 65.6 Å². The Morgan fingerprint density at radius 3 is 2.51 bits per heavy atom. The van der Waals surface area contributed by atoms with Gasteiger partial charge in [-0.2, -0.15) is 5.26 Å². The van der Waals surface area contributed by atoms with Gasteiger partial charge in [0, 0.05) is 56.3 Å². The van der Waals surface area contributed by atoms with Gasteiger partial charge < -0.3 is 25.6 Å². The molecule has 226 valence electrons. The number of hydrogen-bond donors (Lipinski definition) is 2. The summed E-state index contributed by atoms with van der Waals surface area (Å²) in [5.41, 5.74) is 10.9. The molecule has 4 rings (SSSR count). The Balaban J connectivity index is 1.35. The highest BCUT2D eigenvalue weighted by molar-refractivity contribution is 5.96. The van der Waals surface area contributed by atoms with E-state index in [0.717, 1.165) is 50.1 Å². The summed E-state index contributed by atoms with van der Waals surface area (Å²) in [7, 11) is 0. The number of ether oxygens (including phenoxy) is 1. The first-order valence-electron chi connectivity index (χ1n) is 14.7. The SMILES string of the molecule is Cc1ccncc1CN(c1ccc(OCC(N)=O)cc1)C1CCN(C(C)CCNC(=O)c2c(C)cc(C#N)nc2C)CC1. The molecule has 10 nitrogen and oxygen atoms in total. The number of nitrogens with one attached hydrogen (secondary N) is 1. The van der Waals surface area contributed by atoms with E-state index < -0.39 is 5.91 Å². The minimum Gasteiger partial charge on any atom is -0.484 e. The molecule has 1 aliphatic heterocycles. The zero-order chi connectivity index (χ0) is 30.9. The van der Waals surface area contributed by atoms with Crippen LogP contribution in [0.15, 0.2) is 48.8 Å². The summed E-state index contributed by atoms with van der Waals surface area (Å²) in [4.78, 5) is 37.5. The normalized spacial score (nSPS) is 14.5. The lowest BCUT2D eigenvalue weighted by molar-refractivity contribution is -0.119. The number of anilines is 1. The van der Waals surface area contributed by atoms with Crippen LogP contribution in [0.3, 0.4) is 0 Å². The van der Waals surface area contributed by atoms with Crippen LogP contribution in [0.4, 0.5) is 5.69 Å². The smallest absolute Gasteiger partial charge is 0.255 e. The third-order valence-corrected chi connectivity index (χ3v) is 8.19. The molecule has 1 saturated heterocycles. The summed E-state index contributed by atoms with van der Waals surface area (Å²) < 4.78 is 5.47. The third kappa shape index (κ3) is 8.30. The highest BCUT2D eigenvalue weighted by atomic mass is 16.5. The first-order valence-corrected chi connectivity index (χ1v) is 14.7. The summed E-state index contributed by atoms with van der Waals surface area (Å²) in [6.45, 7) is 11.0. The lowest BCUT2D eigenvalue weighted by Crippen LogP contribution is -2.48. The molecule has 0 bridgehead atoms. The van der Waals surface area contributed by atoms with Crippen LogP contribution in [0, 0.1) is 32.1 Å². The predicted octanol–water partition coefficient (Wildman–Crippen LogP) is 3.82. The summed E-state index contributed by atoms with van der Waals surface area (Å²) in [5.74, 6) is -0.0447. The molecule has 0 saturated carbocycles. The van der Waals surface area contributed by atoms with Crippen LogP contribution in [0.25, 0.3) is 0 Å². The number of primary amides is 1. The van der Waals surface area contributed by atoms with Gasteiger partial charge in [-0.05, 0) is 100 Å². The van der Waals surface area contributed by atoms with E-state index in [0.29, 0.717) is 41.3 Å². The number of nitriles is 1. The van der Waals surface area contributed by atoms with Gasteiger partial charge in [-0.25, -0.2) is 4.98 Å². The number of pyridine rings is 2. The fourth-order valence-corrected chi connectivity index (χ4v) is 5.70. The molecule has 0 aliphatic carbocycles. The zero-order valence-corrected chi connectivity index (χ0v) is 25.5. The van der Waals surface area contributed by atoms with Crippen molar-refractivity contribution in [2.24, 2.45) is 5.73 Å². The maximum Gasteiger partial charge on any atom is 0.255 e. The van der Waals surface area contributed by atoms with E-state index in [-0.39, 0.29) is 12.5 Å². The van der Waals surface area contributed by atoms with E-state index >= 15 is 0 Å². The number of carbonyl (C=O) groups is 2. The Morgan fingerprint density at radius 1 is 1.16 bits per heavy atom. The van der Waals surface area contributed by atoms with Gasteiger partial charge in [0.25, 0.3) is 11.8 Å². The highest BCUT2D eigenvalue weighted by Crippen LogP contribution is 2.29. The fraction of sp³-hybridized carbons (Fsp3) is 0.424. The van der Waals surface area contributed by atoms with Gasteiger partial charge >= 0.3 is 0 Å². The molecule has 43 heavy (non-hydrogen) atoms. The van der Waals surface area contributed by atoms with E-state index in [2.05, 4.69) is 38.9 Å². The molecule has 3 aromatic rings. The van der Waals surface area contributed by atoms with Crippen LogP contribution in [0.1, 0.15) is 64.6 Å². The maximum atomic E-state index is 12.9. The number of aryl methyl sites for hydroxylation is 3. The first-order chi connectivity index (χ1) is 20.7. The van der Waals surface area contributed by atoms with Crippen molar-refractivity contribution in [3.8, 4) is 11.8 Å². The summed E-state index contributed by atoms with van der Waals surface area (Å²) in [5, 5.41) is 12.2. The van der Waals surface area contributed by atoms with Gasteiger partial charge in [-0.1, -0.05) is 0 Å². The number of hydrogen-bond acceptors (Lipinski definition) is 8. The largest absolute Gasteiger partial charge is 0.484 e. The Kier molecular flexibility index (Phi) is 10.7. The third-order valence-electron chi connectivity index (χ3n) is 8.19. The number of nitrogens with two attached hydrogens (primary N) is 1. The number of nitrogens with zero attached hydrogens (tertiary/aromatic N) is 5. The van der Waals surface area contributed by atoms with Crippen molar-refractivity contribution in [1.82, 2.24) is 20.2 Å². The Hall–Kier alpha value is -4.49. The number of amides is 2. The summed E-state index contributed by atoms with van der Waals surface area (Å²) in [6.07, 6.45) is 6.61. The van der Waals surface area contributed by atoms with Crippen LogP contribution in [-0.2, 0) is 11.3 Å². The second kappa shape index (κ2) is 14.6. The fourth-order valence-electron chi connectivity index (χ4n) is 5.70. The Bertz CT molecular complexity index is 1440. The summed E-state index contributed by atoms with van der Waals surface area (Å²) in [6, 6.07) is 14.2. The molecule has 1 atom stereocenters. The van der Waals surface area contributed by atoms with Gasteiger partial charge in [-0.15, -0.1) is 0 Å². The predicted molar refractivity (Wildman–Crippen MR) is 166 cm³/mol. The van der Waals surface area contributed by atoms with Crippen molar-refractivity contribution in [3.63, 3.8) is 0 Å². The van der Waals surface area contributed by atoms with Crippen molar-refractivity contribution >= 4 is 17.5 Å². The van der Waals surface area contributed by atoms with Gasteiger partial charge in [0.2, 0.25) is 0 Å². The highest BCUT2D eigenvalue weighted by Gasteiger charge is 2.28. The average molecular weight is 584 g/mol. The Morgan fingerprint density at radius 2 is 1.88 bits per heavy atom. The number of rotatable bonds is 12. The van der Waals surface area contributed by atoms with Crippen molar-refractivity contribution in [2.75, 3.05) is 31.1 Å². The quantitative estimate of drug-likeness (QED) is 0.328. The molecule has 1 unspecified atom stereocenters. The van der Waals surface area contributed by atoms with Crippen LogP contribution >= 0.6 is 0 Å². The Labute approximate surface area is 253 Å². The minimum absolute atomic E-state index is 0.148. The van der Waals surface area contributed by atoms with E-state index in [4.69, 9.17) is 15.7 Å². The molecule has 1 fully saturated rings. The lowest BCUT2D eigenvalue weighted by atomic mass is 9.99. The van der Waals surface area contributed by atoms with Crippen LogP contribution in [-0.4, -0.2) is 65.0 Å².